The van der Waals surface area contributed by atoms with Crippen LogP contribution in [0.5, 0.6) is 0 Å². The number of nitrogens with zero attached hydrogens (tertiary/aromatic N) is 6. The minimum atomic E-state index is -0.583. The number of hydrogen-bond acceptors (Lipinski definition) is 6. The smallest absolute Gasteiger partial charge is 0.273 e. The highest BCUT2D eigenvalue weighted by molar-refractivity contribution is 6.38. The molecule has 0 radical (unpaired) electrons. The fourth-order valence-electron chi connectivity index (χ4n) is 2.05. The van der Waals surface area contributed by atoms with E-state index >= 15 is 0 Å². The SMILES string of the molecule is CC(=O)N(N=Cc1c(Cl)cccc1Cl)c1nncn1N(C(C)=O)C(C)=O. The molecule has 0 saturated carbocycles. The Morgan fingerprint density at radius 1 is 1.08 bits per heavy atom. The first kappa shape index (κ1) is 19.5. The number of aromatic nitrogens is 3. The largest absolute Gasteiger partial charge is 0.274 e. The van der Waals surface area contributed by atoms with Crippen LogP contribution in [0.2, 0.25) is 10.0 Å². The van der Waals surface area contributed by atoms with Gasteiger partial charge in [-0.15, -0.1) is 10.2 Å². The summed E-state index contributed by atoms with van der Waals surface area (Å²) in [5.41, 5.74) is 0.392. The first-order valence-electron chi connectivity index (χ1n) is 7.24. The highest BCUT2D eigenvalue weighted by Crippen LogP contribution is 2.23. The van der Waals surface area contributed by atoms with E-state index in [4.69, 9.17) is 23.2 Å². The van der Waals surface area contributed by atoms with Crippen LogP contribution < -0.4 is 10.0 Å². The van der Waals surface area contributed by atoms with Gasteiger partial charge in [0.05, 0.1) is 16.3 Å². The predicted molar refractivity (Wildman–Crippen MR) is 96.8 cm³/mol. The molecule has 1 aromatic heterocycles. The normalized spacial score (nSPS) is 10.8. The average molecular weight is 397 g/mol. The van der Waals surface area contributed by atoms with Crippen molar-refractivity contribution in [1.82, 2.24) is 14.9 Å². The van der Waals surface area contributed by atoms with Gasteiger partial charge < -0.3 is 0 Å². The van der Waals surface area contributed by atoms with Gasteiger partial charge in [-0.3, -0.25) is 14.4 Å². The Bertz CT molecular complexity index is 861. The molecule has 2 rings (SSSR count). The average Bonchev–Trinajstić information content (AvgIpc) is 2.98. The Labute approximate surface area is 158 Å². The molecule has 26 heavy (non-hydrogen) atoms. The van der Waals surface area contributed by atoms with Gasteiger partial charge in [-0.1, -0.05) is 29.3 Å². The van der Waals surface area contributed by atoms with Crippen LogP contribution in [0.15, 0.2) is 29.6 Å². The van der Waals surface area contributed by atoms with Crippen LogP contribution >= 0.6 is 23.2 Å². The zero-order chi connectivity index (χ0) is 19.4. The Morgan fingerprint density at radius 3 is 2.15 bits per heavy atom. The summed E-state index contributed by atoms with van der Waals surface area (Å²) in [6, 6.07) is 4.89. The zero-order valence-electron chi connectivity index (χ0n) is 14.1. The quantitative estimate of drug-likeness (QED) is 0.580. The van der Waals surface area contributed by atoms with Crippen molar-refractivity contribution in [2.45, 2.75) is 20.8 Å². The molecule has 1 aromatic carbocycles. The van der Waals surface area contributed by atoms with Crippen molar-refractivity contribution in [3.8, 4) is 0 Å². The second-order valence-corrected chi connectivity index (χ2v) is 5.85. The van der Waals surface area contributed by atoms with Gasteiger partial charge in [0.15, 0.2) is 0 Å². The number of anilines is 1. The monoisotopic (exact) mass is 396 g/mol. The molecule has 0 aliphatic rings. The van der Waals surface area contributed by atoms with Crippen LogP contribution in [0, 0.1) is 0 Å². The lowest BCUT2D eigenvalue weighted by atomic mass is 10.2. The van der Waals surface area contributed by atoms with E-state index in [9.17, 15) is 14.4 Å². The van der Waals surface area contributed by atoms with E-state index in [1.807, 2.05) is 0 Å². The first-order chi connectivity index (χ1) is 12.2. The van der Waals surface area contributed by atoms with Crippen LogP contribution in [0.4, 0.5) is 5.95 Å². The number of carbonyl (C=O) groups excluding carboxylic acids is 3. The Morgan fingerprint density at radius 2 is 1.65 bits per heavy atom. The maximum Gasteiger partial charge on any atom is 0.274 e. The van der Waals surface area contributed by atoms with Crippen LogP contribution in [0.3, 0.4) is 0 Å². The fraction of sp³-hybridized carbons (Fsp3) is 0.200. The summed E-state index contributed by atoms with van der Waals surface area (Å²) in [5.74, 6) is -1.85. The topological polar surface area (TPSA) is 101 Å². The van der Waals surface area contributed by atoms with Gasteiger partial charge in [0.25, 0.3) is 5.95 Å². The van der Waals surface area contributed by atoms with Crippen LogP contribution in [-0.4, -0.2) is 38.8 Å². The molecule has 9 nitrogen and oxygen atoms in total. The van der Waals surface area contributed by atoms with Gasteiger partial charge in [0.2, 0.25) is 17.7 Å². The first-order valence-corrected chi connectivity index (χ1v) is 8.00. The summed E-state index contributed by atoms with van der Waals surface area (Å²) < 4.78 is 1.03. The molecule has 11 heteroatoms. The van der Waals surface area contributed by atoms with Crippen molar-refractivity contribution < 1.29 is 14.4 Å². The van der Waals surface area contributed by atoms with Crippen molar-refractivity contribution in [2.24, 2.45) is 5.10 Å². The summed E-state index contributed by atoms with van der Waals surface area (Å²) >= 11 is 12.1. The highest BCUT2D eigenvalue weighted by Gasteiger charge is 2.25. The van der Waals surface area contributed by atoms with Gasteiger partial charge >= 0.3 is 0 Å². The van der Waals surface area contributed by atoms with Gasteiger partial charge in [-0.25, -0.2) is 0 Å². The molecular formula is C15H14Cl2N6O3. The second-order valence-electron chi connectivity index (χ2n) is 5.04. The third-order valence-corrected chi connectivity index (χ3v) is 3.77. The van der Waals surface area contributed by atoms with Gasteiger partial charge in [0.1, 0.15) is 6.33 Å². The molecule has 0 saturated heterocycles. The molecule has 0 fully saturated rings. The van der Waals surface area contributed by atoms with Crippen LogP contribution in [0.25, 0.3) is 0 Å². The molecule has 136 valence electrons. The summed E-state index contributed by atoms with van der Waals surface area (Å²) in [5, 5.41) is 13.8. The number of rotatable bonds is 4. The Balaban J connectivity index is 2.49. The maximum absolute atomic E-state index is 12.0. The minimum Gasteiger partial charge on any atom is -0.273 e. The van der Waals surface area contributed by atoms with Gasteiger partial charge in [-0.05, 0) is 12.1 Å². The molecule has 0 spiro atoms. The van der Waals surface area contributed by atoms with E-state index in [0.717, 1.165) is 21.0 Å². The van der Waals surface area contributed by atoms with E-state index in [1.54, 1.807) is 18.2 Å². The van der Waals surface area contributed by atoms with Crippen molar-refractivity contribution in [1.29, 1.82) is 0 Å². The number of imide groups is 1. The van der Waals surface area contributed by atoms with Crippen molar-refractivity contribution in [2.75, 3.05) is 10.0 Å². The third kappa shape index (κ3) is 4.06. The van der Waals surface area contributed by atoms with Crippen LogP contribution in [-0.2, 0) is 14.4 Å². The molecule has 1 heterocycles. The minimum absolute atomic E-state index is 0.151. The lowest BCUT2D eigenvalue weighted by Crippen LogP contribution is -2.44. The molecule has 2 aromatic rings. The van der Waals surface area contributed by atoms with Crippen molar-refractivity contribution >= 4 is 53.1 Å². The molecule has 0 atom stereocenters. The number of hydrogen-bond donors (Lipinski definition) is 0. The van der Waals surface area contributed by atoms with E-state index in [0.29, 0.717) is 15.6 Å². The van der Waals surface area contributed by atoms with Gasteiger partial charge in [-0.2, -0.15) is 19.8 Å². The second kappa shape index (κ2) is 8.07. The molecule has 3 amide bonds. The predicted octanol–water partition coefficient (Wildman–Crippen LogP) is 2.00. The van der Waals surface area contributed by atoms with Crippen molar-refractivity contribution in [3.63, 3.8) is 0 Å². The lowest BCUT2D eigenvalue weighted by molar-refractivity contribution is -0.126. The summed E-state index contributed by atoms with van der Waals surface area (Å²) in [6.45, 7) is 3.61. The van der Waals surface area contributed by atoms with Gasteiger partial charge in [0, 0.05) is 26.3 Å². The number of hydrazone groups is 1. The molecule has 0 aliphatic carbocycles. The number of carbonyl (C=O) groups is 3. The molecule has 0 unspecified atom stereocenters. The standard InChI is InChI=1S/C15H14Cl2N6O3/c1-9(24)22(19-7-12-13(16)5-4-6-14(12)17)15-20-18-8-21(15)23(10(2)25)11(3)26/h4-8H,1-3H3. The number of halogens is 2. The molecular weight excluding hydrogens is 383 g/mol. The Hall–Kier alpha value is -2.78. The molecule has 0 bridgehead atoms. The zero-order valence-corrected chi connectivity index (χ0v) is 15.6. The van der Waals surface area contributed by atoms with E-state index in [2.05, 4.69) is 15.3 Å². The van der Waals surface area contributed by atoms with E-state index < -0.39 is 17.7 Å². The van der Waals surface area contributed by atoms with Crippen LogP contribution in [0.1, 0.15) is 26.3 Å². The summed E-state index contributed by atoms with van der Waals surface area (Å²) in [4.78, 5) is 35.5. The van der Waals surface area contributed by atoms with Crippen molar-refractivity contribution in [3.05, 3.63) is 40.1 Å². The number of amides is 3. The third-order valence-electron chi connectivity index (χ3n) is 3.11. The molecule has 0 aliphatic heterocycles. The number of benzene rings is 1. The summed E-state index contributed by atoms with van der Waals surface area (Å²) in [6.07, 6.45) is 2.39. The Kier molecular flexibility index (Phi) is 6.06. The lowest BCUT2D eigenvalue weighted by Gasteiger charge is -2.22. The fourth-order valence-corrected chi connectivity index (χ4v) is 2.55. The maximum atomic E-state index is 12.0. The van der Waals surface area contributed by atoms with E-state index in [-0.39, 0.29) is 5.95 Å². The summed E-state index contributed by atoms with van der Waals surface area (Å²) in [7, 11) is 0. The highest BCUT2D eigenvalue weighted by atomic mass is 35.5. The van der Waals surface area contributed by atoms with E-state index in [1.165, 1.54) is 27.0 Å². The molecule has 0 N–H and O–H groups in total.